The van der Waals surface area contributed by atoms with Crippen LogP contribution >= 0.6 is 0 Å². The number of rotatable bonds is 9. The standard InChI is InChI=1S/C29H31N5O3/c1-21(35)34-17-5-8-26(20-34)37-25-13-14-27(32-19-25)33-29(36)28(24-6-3-2-4-7-24)31-16-15-22-9-11-23(18-30)12-10-22/h2-4,6-7,9-14,19,26,28,31H,5,8,15-17,20H2,1H3,(H,32,33,36)/t26-,28?/m0/s1. The predicted octanol–water partition coefficient (Wildman–Crippen LogP) is 3.86. The van der Waals surface area contributed by atoms with E-state index in [9.17, 15) is 9.59 Å². The molecule has 8 nitrogen and oxygen atoms in total. The van der Waals surface area contributed by atoms with Crippen LogP contribution in [0.1, 0.15) is 42.5 Å². The number of nitriles is 1. The first-order chi connectivity index (χ1) is 18.0. The number of anilines is 1. The lowest BCUT2D eigenvalue weighted by molar-refractivity contribution is -0.131. The fourth-order valence-corrected chi connectivity index (χ4v) is 4.35. The number of carbonyl (C=O) groups excluding carboxylic acids is 2. The Bertz CT molecular complexity index is 1220. The minimum atomic E-state index is -0.558. The molecule has 8 heteroatoms. The molecule has 0 saturated carbocycles. The van der Waals surface area contributed by atoms with Crippen LogP contribution in [0.3, 0.4) is 0 Å². The third kappa shape index (κ3) is 7.38. The quantitative estimate of drug-likeness (QED) is 0.465. The average molecular weight is 498 g/mol. The molecule has 1 aromatic heterocycles. The van der Waals surface area contributed by atoms with Crippen LogP contribution < -0.4 is 15.4 Å². The van der Waals surface area contributed by atoms with Gasteiger partial charge in [-0.2, -0.15) is 5.26 Å². The van der Waals surface area contributed by atoms with Gasteiger partial charge in [0.2, 0.25) is 11.8 Å². The van der Waals surface area contributed by atoms with Gasteiger partial charge >= 0.3 is 0 Å². The Morgan fingerprint density at radius 3 is 2.59 bits per heavy atom. The van der Waals surface area contributed by atoms with Crippen LogP contribution in [0.25, 0.3) is 0 Å². The summed E-state index contributed by atoms with van der Waals surface area (Å²) in [6, 6.07) is 22.1. The normalized spacial score (nSPS) is 15.9. The van der Waals surface area contributed by atoms with Crippen LogP contribution in [-0.2, 0) is 16.0 Å². The molecule has 2 N–H and O–H groups in total. The molecule has 1 unspecified atom stereocenters. The predicted molar refractivity (Wildman–Crippen MR) is 141 cm³/mol. The molecule has 2 heterocycles. The Labute approximate surface area is 217 Å². The zero-order valence-electron chi connectivity index (χ0n) is 20.9. The van der Waals surface area contributed by atoms with E-state index in [1.165, 1.54) is 0 Å². The molecular formula is C29H31N5O3. The molecular weight excluding hydrogens is 466 g/mol. The van der Waals surface area contributed by atoms with Crippen molar-refractivity contribution >= 4 is 17.6 Å². The van der Waals surface area contributed by atoms with Gasteiger partial charge in [0, 0.05) is 20.0 Å². The maximum absolute atomic E-state index is 13.2. The summed E-state index contributed by atoms with van der Waals surface area (Å²) in [5.74, 6) is 0.884. The van der Waals surface area contributed by atoms with Gasteiger partial charge in [0.25, 0.3) is 0 Å². The number of nitrogens with one attached hydrogen (secondary N) is 2. The molecule has 37 heavy (non-hydrogen) atoms. The van der Waals surface area contributed by atoms with Gasteiger partial charge in [0.15, 0.2) is 0 Å². The summed E-state index contributed by atoms with van der Waals surface area (Å²) in [4.78, 5) is 31.1. The molecule has 0 bridgehead atoms. The number of aromatic nitrogens is 1. The Hall–Kier alpha value is -4.22. The highest BCUT2D eigenvalue weighted by atomic mass is 16.5. The zero-order valence-corrected chi connectivity index (χ0v) is 20.9. The summed E-state index contributed by atoms with van der Waals surface area (Å²) in [6.45, 7) is 3.49. The van der Waals surface area contributed by atoms with Gasteiger partial charge in [0.1, 0.15) is 23.7 Å². The smallest absolute Gasteiger partial charge is 0.247 e. The second-order valence-electron chi connectivity index (χ2n) is 9.07. The van der Waals surface area contributed by atoms with E-state index in [0.717, 1.165) is 36.9 Å². The van der Waals surface area contributed by atoms with Crippen molar-refractivity contribution in [1.82, 2.24) is 15.2 Å². The number of pyridine rings is 1. The fraction of sp³-hybridized carbons (Fsp3) is 0.310. The minimum Gasteiger partial charge on any atom is -0.487 e. The van der Waals surface area contributed by atoms with Gasteiger partial charge in [-0.3, -0.25) is 9.59 Å². The topological polar surface area (TPSA) is 107 Å². The summed E-state index contributed by atoms with van der Waals surface area (Å²) in [7, 11) is 0. The van der Waals surface area contributed by atoms with Crippen LogP contribution in [0.15, 0.2) is 72.9 Å². The highest BCUT2D eigenvalue weighted by Gasteiger charge is 2.23. The van der Waals surface area contributed by atoms with Crippen LogP contribution in [0, 0.1) is 11.3 Å². The summed E-state index contributed by atoms with van der Waals surface area (Å²) in [5, 5.41) is 15.2. The van der Waals surface area contributed by atoms with Crippen molar-refractivity contribution in [1.29, 1.82) is 5.26 Å². The summed E-state index contributed by atoms with van der Waals surface area (Å²) < 4.78 is 6.02. The zero-order chi connectivity index (χ0) is 26.0. The van der Waals surface area contributed by atoms with E-state index in [1.54, 1.807) is 42.3 Å². The molecule has 0 spiro atoms. The number of carbonyl (C=O) groups is 2. The lowest BCUT2D eigenvalue weighted by Crippen LogP contribution is -2.43. The van der Waals surface area contributed by atoms with Gasteiger partial charge < -0.3 is 20.3 Å². The first kappa shape index (κ1) is 25.9. The van der Waals surface area contributed by atoms with Crippen LogP contribution in [0.5, 0.6) is 5.75 Å². The molecule has 0 radical (unpaired) electrons. The molecule has 1 aliphatic heterocycles. The molecule has 2 aromatic carbocycles. The van der Waals surface area contributed by atoms with E-state index in [2.05, 4.69) is 21.7 Å². The van der Waals surface area contributed by atoms with E-state index in [0.29, 0.717) is 30.2 Å². The van der Waals surface area contributed by atoms with Gasteiger partial charge in [-0.05, 0) is 54.7 Å². The molecule has 2 atom stereocenters. The van der Waals surface area contributed by atoms with Crippen molar-refractivity contribution in [2.45, 2.75) is 38.3 Å². The summed E-state index contributed by atoms with van der Waals surface area (Å²) in [6.07, 6.45) is 4.04. The molecule has 3 aromatic rings. The second kappa shape index (κ2) is 12.7. The number of piperidine rings is 1. The largest absolute Gasteiger partial charge is 0.487 e. The van der Waals surface area contributed by atoms with Gasteiger partial charge in [-0.25, -0.2) is 4.98 Å². The van der Waals surface area contributed by atoms with Crippen molar-refractivity contribution < 1.29 is 14.3 Å². The third-order valence-electron chi connectivity index (χ3n) is 6.35. The summed E-state index contributed by atoms with van der Waals surface area (Å²) >= 11 is 0. The van der Waals surface area contributed by atoms with Gasteiger partial charge in [-0.1, -0.05) is 42.5 Å². The number of hydrogen-bond donors (Lipinski definition) is 2. The van der Waals surface area contributed by atoms with E-state index < -0.39 is 6.04 Å². The lowest BCUT2D eigenvalue weighted by Gasteiger charge is -2.32. The first-order valence-corrected chi connectivity index (χ1v) is 12.5. The minimum absolute atomic E-state index is 0.0583. The van der Waals surface area contributed by atoms with Gasteiger partial charge in [-0.15, -0.1) is 0 Å². The van der Waals surface area contributed by atoms with Crippen molar-refractivity contribution in [3.8, 4) is 11.8 Å². The second-order valence-corrected chi connectivity index (χ2v) is 9.07. The Balaban J connectivity index is 1.35. The van der Waals surface area contributed by atoms with Crippen molar-refractivity contribution in [3.63, 3.8) is 0 Å². The lowest BCUT2D eigenvalue weighted by atomic mass is 10.1. The molecule has 1 aliphatic rings. The Morgan fingerprint density at radius 2 is 1.92 bits per heavy atom. The average Bonchev–Trinajstić information content (AvgIpc) is 2.93. The number of benzene rings is 2. The third-order valence-corrected chi connectivity index (χ3v) is 6.35. The number of amides is 2. The van der Waals surface area contributed by atoms with Crippen molar-refractivity contribution in [2.75, 3.05) is 25.0 Å². The highest BCUT2D eigenvalue weighted by molar-refractivity contribution is 5.94. The monoisotopic (exact) mass is 497 g/mol. The molecule has 1 saturated heterocycles. The Morgan fingerprint density at radius 1 is 1.14 bits per heavy atom. The maximum Gasteiger partial charge on any atom is 0.247 e. The van der Waals surface area contributed by atoms with Crippen LogP contribution in [0.2, 0.25) is 0 Å². The molecule has 0 aliphatic carbocycles. The van der Waals surface area contributed by atoms with E-state index in [1.807, 2.05) is 42.5 Å². The van der Waals surface area contributed by atoms with Crippen LogP contribution in [0.4, 0.5) is 5.82 Å². The van der Waals surface area contributed by atoms with E-state index >= 15 is 0 Å². The fourth-order valence-electron chi connectivity index (χ4n) is 4.35. The number of ether oxygens (including phenoxy) is 1. The van der Waals surface area contributed by atoms with Crippen molar-refractivity contribution in [2.24, 2.45) is 0 Å². The number of nitrogens with zero attached hydrogens (tertiary/aromatic N) is 3. The SMILES string of the molecule is CC(=O)N1CCC[C@H](Oc2ccc(NC(=O)C(NCCc3ccc(C#N)cc3)c3ccccc3)nc2)C1. The molecule has 1 fully saturated rings. The van der Waals surface area contributed by atoms with E-state index in [-0.39, 0.29) is 17.9 Å². The number of likely N-dealkylation sites (tertiary alicyclic amines) is 1. The number of hydrogen-bond acceptors (Lipinski definition) is 6. The summed E-state index contributed by atoms with van der Waals surface area (Å²) in [5.41, 5.74) is 2.56. The molecule has 2 amide bonds. The van der Waals surface area contributed by atoms with Crippen molar-refractivity contribution in [3.05, 3.63) is 89.6 Å². The first-order valence-electron chi connectivity index (χ1n) is 12.5. The Kier molecular flexibility index (Phi) is 8.84. The highest BCUT2D eigenvalue weighted by Crippen LogP contribution is 2.20. The molecule has 4 rings (SSSR count). The van der Waals surface area contributed by atoms with E-state index in [4.69, 9.17) is 10.00 Å². The molecule has 190 valence electrons. The van der Waals surface area contributed by atoms with Gasteiger partial charge in [0.05, 0.1) is 24.4 Å². The van der Waals surface area contributed by atoms with Crippen LogP contribution in [-0.4, -0.2) is 47.4 Å². The maximum atomic E-state index is 13.2.